The zero-order chi connectivity index (χ0) is 24.4. The number of nitrogens with zero attached hydrogens (tertiary/aromatic N) is 3. The van der Waals surface area contributed by atoms with Gasteiger partial charge in [0.2, 0.25) is 6.79 Å². The molecule has 0 fully saturated rings. The van der Waals surface area contributed by atoms with E-state index in [1.807, 2.05) is 35.8 Å². The van der Waals surface area contributed by atoms with Crippen LogP contribution in [0.3, 0.4) is 0 Å². The minimum Gasteiger partial charge on any atom is -0.454 e. The highest BCUT2D eigenvalue weighted by Crippen LogP contribution is 2.33. The van der Waals surface area contributed by atoms with Crippen LogP contribution < -0.4 is 14.8 Å². The van der Waals surface area contributed by atoms with Gasteiger partial charge in [-0.15, -0.1) is 10.2 Å². The molecule has 1 aliphatic rings. The van der Waals surface area contributed by atoms with Crippen LogP contribution in [-0.4, -0.2) is 27.5 Å². The molecule has 1 unspecified atom stereocenters. The van der Waals surface area contributed by atoms with E-state index in [4.69, 9.17) is 9.47 Å². The van der Waals surface area contributed by atoms with Gasteiger partial charge >= 0.3 is 0 Å². The monoisotopic (exact) mass is 486 g/mol. The van der Waals surface area contributed by atoms with Gasteiger partial charge in [0.05, 0.1) is 6.04 Å². The lowest BCUT2D eigenvalue weighted by Gasteiger charge is -2.17. The van der Waals surface area contributed by atoms with Gasteiger partial charge in [0.1, 0.15) is 0 Å². The maximum Gasteiger partial charge on any atom is 0.252 e. The molecule has 0 radical (unpaired) electrons. The fourth-order valence-corrected chi connectivity index (χ4v) is 4.92. The molecule has 1 amide bonds. The molecule has 1 aromatic heterocycles. The molecule has 0 spiro atoms. The van der Waals surface area contributed by atoms with Crippen LogP contribution >= 0.6 is 11.8 Å². The van der Waals surface area contributed by atoms with Crippen molar-refractivity contribution < 1.29 is 14.3 Å². The Balaban J connectivity index is 1.41. The van der Waals surface area contributed by atoms with Crippen molar-refractivity contribution in [2.24, 2.45) is 0 Å². The normalized spacial score (nSPS) is 13.0. The number of fused-ring (bicyclic) bond motifs is 1. The number of thioether (sulfide) groups is 1. The number of aromatic nitrogens is 3. The van der Waals surface area contributed by atoms with Gasteiger partial charge in [0.15, 0.2) is 22.5 Å². The van der Waals surface area contributed by atoms with Gasteiger partial charge in [-0.2, -0.15) is 0 Å². The van der Waals surface area contributed by atoms with Crippen LogP contribution in [0.25, 0.3) is 5.69 Å². The first-order valence-electron chi connectivity index (χ1n) is 11.4. The van der Waals surface area contributed by atoms with Gasteiger partial charge < -0.3 is 14.8 Å². The van der Waals surface area contributed by atoms with Crippen molar-refractivity contribution in [2.75, 3.05) is 6.79 Å². The van der Waals surface area contributed by atoms with Crippen LogP contribution in [-0.2, 0) is 5.75 Å². The lowest BCUT2D eigenvalue weighted by Crippen LogP contribution is -2.28. The smallest absolute Gasteiger partial charge is 0.252 e. The molecule has 0 saturated heterocycles. The highest BCUT2D eigenvalue weighted by atomic mass is 32.2. The molecule has 7 nitrogen and oxygen atoms in total. The van der Waals surface area contributed by atoms with Crippen molar-refractivity contribution in [1.82, 2.24) is 20.1 Å². The Kier molecular flexibility index (Phi) is 6.46. The van der Waals surface area contributed by atoms with E-state index in [-0.39, 0.29) is 18.7 Å². The van der Waals surface area contributed by atoms with Crippen LogP contribution in [0.4, 0.5) is 0 Å². The molecule has 1 aliphatic heterocycles. The number of carbonyl (C=O) groups excluding carboxylic acids is 1. The number of hydrogen-bond donors (Lipinski definition) is 1. The maximum absolute atomic E-state index is 13.0. The van der Waals surface area contributed by atoms with E-state index in [0.29, 0.717) is 22.9 Å². The molecular weight excluding hydrogens is 460 g/mol. The van der Waals surface area contributed by atoms with Crippen molar-refractivity contribution in [2.45, 2.75) is 37.7 Å². The standard InChI is InChI=1S/C27H26N4O3S/c1-17-8-11-22(12-9-17)31-25(29-30-27(31)35-15-21-7-5-4-6-18(21)2)19(3)28-26(32)20-10-13-23-24(14-20)34-16-33-23/h4-14,19H,15-16H2,1-3H3,(H,28,32). The van der Waals surface area contributed by atoms with Crippen LogP contribution in [0, 0.1) is 13.8 Å². The predicted molar refractivity (Wildman–Crippen MR) is 135 cm³/mol. The number of ether oxygens (including phenoxy) is 2. The van der Waals surface area contributed by atoms with E-state index in [9.17, 15) is 4.79 Å². The summed E-state index contributed by atoms with van der Waals surface area (Å²) in [7, 11) is 0. The SMILES string of the molecule is Cc1ccc(-n2c(SCc3ccccc3C)nnc2C(C)NC(=O)c2ccc3c(c2)OCO3)cc1. The summed E-state index contributed by atoms with van der Waals surface area (Å²) in [6.07, 6.45) is 0. The van der Waals surface area contributed by atoms with E-state index in [2.05, 4.69) is 53.6 Å². The Morgan fingerprint density at radius 2 is 1.80 bits per heavy atom. The Bertz CT molecular complexity index is 1370. The van der Waals surface area contributed by atoms with Crippen LogP contribution in [0.2, 0.25) is 0 Å². The minimum absolute atomic E-state index is 0.166. The van der Waals surface area contributed by atoms with Crippen molar-refractivity contribution >= 4 is 17.7 Å². The molecule has 0 saturated carbocycles. The highest BCUT2D eigenvalue weighted by molar-refractivity contribution is 7.98. The fourth-order valence-electron chi connectivity index (χ4n) is 3.89. The molecular formula is C27H26N4O3S. The van der Waals surface area contributed by atoms with Crippen LogP contribution in [0.5, 0.6) is 11.5 Å². The van der Waals surface area contributed by atoms with Gasteiger partial charge in [0, 0.05) is 17.0 Å². The number of aryl methyl sites for hydroxylation is 2. The summed E-state index contributed by atoms with van der Waals surface area (Å²) in [4.78, 5) is 13.0. The van der Waals surface area contributed by atoms with E-state index in [1.165, 1.54) is 16.7 Å². The maximum atomic E-state index is 13.0. The molecule has 0 aliphatic carbocycles. The highest BCUT2D eigenvalue weighted by Gasteiger charge is 2.23. The Morgan fingerprint density at radius 3 is 2.60 bits per heavy atom. The summed E-state index contributed by atoms with van der Waals surface area (Å²) in [5, 5.41) is 12.8. The third-order valence-electron chi connectivity index (χ3n) is 5.94. The molecule has 3 aromatic carbocycles. The van der Waals surface area contributed by atoms with E-state index in [0.717, 1.165) is 16.6 Å². The largest absolute Gasteiger partial charge is 0.454 e. The van der Waals surface area contributed by atoms with Gasteiger partial charge in [-0.25, -0.2) is 0 Å². The summed E-state index contributed by atoms with van der Waals surface area (Å²) in [6, 6.07) is 21.3. The summed E-state index contributed by atoms with van der Waals surface area (Å²) in [5.74, 6) is 2.43. The lowest BCUT2D eigenvalue weighted by atomic mass is 10.1. The molecule has 2 heterocycles. The molecule has 5 rings (SSSR count). The van der Waals surface area contributed by atoms with Crippen LogP contribution in [0.15, 0.2) is 71.9 Å². The zero-order valence-corrected chi connectivity index (χ0v) is 20.6. The number of nitrogens with one attached hydrogen (secondary N) is 1. The molecule has 4 aromatic rings. The minimum atomic E-state index is -0.380. The molecule has 1 N–H and O–H groups in total. The third kappa shape index (κ3) is 4.88. The second kappa shape index (κ2) is 9.84. The van der Waals surface area contributed by atoms with Crippen molar-refractivity contribution in [3.63, 3.8) is 0 Å². The second-order valence-corrected chi connectivity index (χ2v) is 9.43. The van der Waals surface area contributed by atoms with Gasteiger partial charge in [-0.05, 0) is 62.2 Å². The summed E-state index contributed by atoms with van der Waals surface area (Å²) in [6.45, 7) is 6.24. The van der Waals surface area contributed by atoms with Gasteiger partial charge in [0.25, 0.3) is 5.91 Å². The first-order chi connectivity index (χ1) is 17.0. The van der Waals surface area contributed by atoms with E-state index < -0.39 is 0 Å². The molecule has 178 valence electrons. The quantitative estimate of drug-likeness (QED) is 0.353. The molecule has 0 bridgehead atoms. The number of amides is 1. The van der Waals surface area contributed by atoms with Crippen molar-refractivity contribution in [1.29, 1.82) is 0 Å². The summed E-state index contributed by atoms with van der Waals surface area (Å²) in [5.41, 5.74) is 5.11. The summed E-state index contributed by atoms with van der Waals surface area (Å²) >= 11 is 1.63. The second-order valence-electron chi connectivity index (χ2n) is 8.49. The van der Waals surface area contributed by atoms with Crippen molar-refractivity contribution in [3.05, 3.63) is 94.8 Å². The van der Waals surface area contributed by atoms with Crippen LogP contribution in [0.1, 0.15) is 45.8 Å². The first kappa shape index (κ1) is 23.0. The number of hydrogen-bond acceptors (Lipinski definition) is 6. The Hall–Kier alpha value is -3.78. The number of rotatable bonds is 7. The Labute approximate surface area is 208 Å². The van der Waals surface area contributed by atoms with E-state index >= 15 is 0 Å². The third-order valence-corrected chi connectivity index (χ3v) is 6.92. The lowest BCUT2D eigenvalue weighted by molar-refractivity contribution is 0.0937. The average Bonchev–Trinajstić information content (AvgIpc) is 3.50. The van der Waals surface area contributed by atoms with E-state index in [1.54, 1.807) is 30.0 Å². The fraction of sp³-hybridized carbons (Fsp3) is 0.222. The number of carbonyl (C=O) groups is 1. The molecule has 1 atom stereocenters. The Morgan fingerprint density at radius 1 is 1.03 bits per heavy atom. The molecule has 8 heteroatoms. The predicted octanol–water partition coefficient (Wildman–Crippen LogP) is 5.40. The van der Waals surface area contributed by atoms with Gasteiger partial charge in [-0.3, -0.25) is 9.36 Å². The number of benzene rings is 3. The molecule has 35 heavy (non-hydrogen) atoms. The van der Waals surface area contributed by atoms with Gasteiger partial charge in [-0.1, -0.05) is 53.7 Å². The summed E-state index contributed by atoms with van der Waals surface area (Å²) < 4.78 is 12.8. The average molecular weight is 487 g/mol. The zero-order valence-electron chi connectivity index (χ0n) is 19.8. The first-order valence-corrected chi connectivity index (χ1v) is 12.4. The van der Waals surface area contributed by atoms with Crippen molar-refractivity contribution in [3.8, 4) is 17.2 Å². The topological polar surface area (TPSA) is 78.3 Å².